The Morgan fingerprint density at radius 1 is 1.12 bits per heavy atom. The van der Waals surface area contributed by atoms with Crippen LogP contribution in [0.4, 0.5) is 18.0 Å². The number of amides is 1. The average molecular weight is 345 g/mol. The third-order valence-electron chi connectivity index (χ3n) is 3.08. The number of hydrogen-bond acceptors (Lipinski definition) is 3. The van der Waals surface area contributed by atoms with E-state index in [1.807, 2.05) is 5.32 Å². The zero-order valence-electron chi connectivity index (χ0n) is 13.9. The molecule has 0 fully saturated rings. The highest BCUT2D eigenvalue weighted by atomic mass is 19.4. The van der Waals surface area contributed by atoms with Gasteiger partial charge in [-0.05, 0) is 33.6 Å². The van der Waals surface area contributed by atoms with Crippen LogP contribution in [0.25, 0.3) is 0 Å². The minimum Gasteiger partial charge on any atom is -0.444 e. The highest BCUT2D eigenvalue weighted by molar-refractivity contribution is 5.95. The summed E-state index contributed by atoms with van der Waals surface area (Å²) in [6.07, 6.45) is -6.13. The van der Waals surface area contributed by atoms with Gasteiger partial charge in [0.05, 0.1) is 0 Å². The summed E-state index contributed by atoms with van der Waals surface area (Å²) in [6.45, 7) is 4.69. The van der Waals surface area contributed by atoms with Crippen molar-refractivity contribution in [2.45, 2.75) is 57.9 Å². The van der Waals surface area contributed by atoms with Crippen molar-refractivity contribution in [3.63, 3.8) is 0 Å². The Hall–Kier alpha value is -2.05. The summed E-state index contributed by atoms with van der Waals surface area (Å²) in [5.74, 6) is -0.228. The Morgan fingerprint density at radius 2 is 1.71 bits per heavy atom. The van der Waals surface area contributed by atoms with Crippen LogP contribution in [0.1, 0.15) is 50.4 Å². The van der Waals surface area contributed by atoms with Crippen molar-refractivity contribution in [1.29, 1.82) is 0 Å². The number of ketones is 1. The molecule has 4 nitrogen and oxygen atoms in total. The summed E-state index contributed by atoms with van der Waals surface area (Å²) in [5, 5.41) is 1.83. The van der Waals surface area contributed by atoms with E-state index in [0.29, 0.717) is 5.56 Å². The molecule has 0 bridgehead atoms. The molecule has 0 unspecified atom stereocenters. The van der Waals surface area contributed by atoms with Gasteiger partial charge in [0.1, 0.15) is 11.6 Å². The molecule has 1 amide bonds. The fourth-order valence-electron chi connectivity index (χ4n) is 2.00. The predicted octanol–water partition coefficient (Wildman–Crippen LogP) is 4.50. The number of Topliss-reactive ketones (excluding diaryl/α,β-unsaturated/α-hetero) is 1. The van der Waals surface area contributed by atoms with E-state index in [4.69, 9.17) is 4.74 Å². The van der Waals surface area contributed by atoms with Crippen LogP contribution in [-0.4, -0.2) is 29.7 Å². The van der Waals surface area contributed by atoms with Crippen LogP contribution in [0.5, 0.6) is 0 Å². The predicted molar refractivity (Wildman–Crippen MR) is 83.8 cm³/mol. The quantitative estimate of drug-likeness (QED) is 0.773. The minimum absolute atomic E-state index is 0.00764. The van der Waals surface area contributed by atoms with E-state index < -0.39 is 23.9 Å². The van der Waals surface area contributed by atoms with Gasteiger partial charge >= 0.3 is 12.3 Å². The number of carbonyl (C=O) groups is 2. The molecule has 0 aliphatic rings. The first-order valence-corrected chi connectivity index (χ1v) is 7.63. The standard InChI is InChI=1S/C17H22F3NO3/c1-16(2,3)24-15(23)21-14(17(18,19)20)11-7-10-13(22)12-8-5-4-6-9-12/h4-6,8-9,14H,7,10-11H2,1-3H3,(H,21,23)/t14-/m0/s1. The maximum absolute atomic E-state index is 13.0. The Labute approximate surface area is 139 Å². The topological polar surface area (TPSA) is 55.4 Å². The Morgan fingerprint density at radius 3 is 2.21 bits per heavy atom. The van der Waals surface area contributed by atoms with E-state index >= 15 is 0 Å². The van der Waals surface area contributed by atoms with Crippen LogP contribution >= 0.6 is 0 Å². The van der Waals surface area contributed by atoms with Gasteiger partial charge in [-0.2, -0.15) is 13.2 Å². The first-order valence-electron chi connectivity index (χ1n) is 7.63. The van der Waals surface area contributed by atoms with Crippen molar-refractivity contribution in [2.24, 2.45) is 0 Å². The number of hydrogen-bond donors (Lipinski definition) is 1. The molecular weight excluding hydrogens is 323 g/mol. The highest BCUT2D eigenvalue weighted by Crippen LogP contribution is 2.25. The molecule has 24 heavy (non-hydrogen) atoms. The third-order valence-corrected chi connectivity index (χ3v) is 3.08. The molecule has 0 spiro atoms. The van der Waals surface area contributed by atoms with E-state index in [9.17, 15) is 22.8 Å². The van der Waals surface area contributed by atoms with Crippen molar-refractivity contribution in [1.82, 2.24) is 5.32 Å². The SMILES string of the molecule is CC(C)(C)OC(=O)N[C@@H](CCCC(=O)c1ccccc1)C(F)(F)F. The van der Waals surface area contributed by atoms with Crippen molar-refractivity contribution in [3.8, 4) is 0 Å². The fraction of sp³-hybridized carbons (Fsp3) is 0.529. The molecule has 0 saturated carbocycles. The summed E-state index contributed by atoms with van der Waals surface area (Å²) >= 11 is 0. The Bertz CT molecular complexity index is 550. The lowest BCUT2D eigenvalue weighted by molar-refractivity contribution is -0.156. The number of rotatable bonds is 6. The van der Waals surface area contributed by atoms with Gasteiger partial charge in [-0.25, -0.2) is 4.79 Å². The van der Waals surface area contributed by atoms with Crippen LogP contribution in [0, 0.1) is 0 Å². The van der Waals surface area contributed by atoms with Gasteiger partial charge in [-0.1, -0.05) is 30.3 Å². The monoisotopic (exact) mass is 345 g/mol. The smallest absolute Gasteiger partial charge is 0.408 e. The molecule has 0 aromatic heterocycles. The molecular formula is C17H22F3NO3. The van der Waals surface area contributed by atoms with E-state index in [0.717, 1.165) is 0 Å². The largest absolute Gasteiger partial charge is 0.444 e. The Kier molecular flexibility index (Phi) is 6.81. The first-order chi connectivity index (χ1) is 11.0. The number of benzene rings is 1. The number of alkyl carbamates (subject to hydrolysis) is 1. The van der Waals surface area contributed by atoms with Crippen LogP contribution in [0.3, 0.4) is 0 Å². The van der Waals surface area contributed by atoms with Gasteiger partial charge in [0, 0.05) is 12.0 Å². The molecule has 0 aliphatic carbocycles. The molecule has 0 heterocycles. The number of nitrogens with one attached hydrogen (secondary N) is 1. The van der Waals surface area contributed by atoms with Crippen LogP contribution in [0.2, 0.25) is 0 Å². The lowest BCUT2D eigenvalue weighted by atomic mass is 10.0. The van der Waals surface area contributed by atoms with E-state index in [1.165, 1.54) is 0 Å². The maximum atomic E-state index is 13.0. The number of carbonyl (C=O) groups excluding carboxylic acids is 2. The molecule has 1 rings (SSSR count). The lowest BCUT2D eigenvalue weighted by Crippen LogP contribution is -2.47. The molecule has 7 heteroatoms. The number of halogens is 3. The van der Waals surface area contributed by atoms with Gasteiger partial charge in [-0.15, -0.1) is 0 Å². The Balaban J connectivity index is 2.55. The van der Waals surface area contributed by atoms with Crippen LogP contribution < -0.4 is 5.32 Å². The molecule has 134 valence electrons. The van der Waals surface area contributed by atoms with E-state index in [-0.39, 0.29) is 25.0 Å². The van der Waals surface area contributed by atoms with Crippen molar-refractivity contribution in [3.05, 3.63) is 35.9 Å². The maximum Gasteiger partial charge on any atom is 0.408 e. The summed E-state index contributed by atoms with van der Waals surface area (Å²) in [5.41, 5.74) is -0.426. The minimum atomic E-state index is -4.60. The molecule has 1 atom stereocenters. The van der Waals surface area contributed by atoms with Gasteiger partial charge in [0.25, 0.3) is 0 Å². The summed E-state index contributed by atoms with van der Waals surface area (Å²) in [7, 11) is 0. The fourth-order valence-corrected chi connectivity index (χ4v) is 2.00. The van der Waals surface area contributed by atoms with E-state index in [2.05, 4.69) is 0 Å². The second-order valence-electron chi connectivity index (χ2n) is 6.42. The molecule has 0 radical (unpaired) electrons. The molecule has 1 aromatic carbocycles. The summed E-state index contributed by atoms with van der Waals surface area (Å²) in [6, 6.07) is 6.31. The zero-order chi connectivity index (χ0) is 18.4. The first kappa shape index (κ1) is 20.0. The van der Waals surface area contributed by atoms with E-state index in [1.54, 1.807) is 51.1 Å². The molecule has 1 aromatic rings. The van der Waals surface area contributed by atoms with Gasteiger partial charge < -0.3 is 10.1 Å². The third kappa shape index (κ3) is 7.48. The molecule has 0 aliphatic heterocycles. The highest BCUT2D eigenvalue weighted by Gasteiger charge is 2.41. The lowest BCUT2D eigenvalue weighted by Gasteiger charge is -2.25. The number of alkyl halides is 3. The van der Waals surface area contributed by atoms with Crippen molar-refractivity contribution >= 4 is 11.9 Å². The van der Waals surface area contributed by atoms with Crippen molar-refractivity contribution in [2.75, 3.05) is 0 Å². The summed E-state index contributed by atoms with van der Waals surface area (Å²) in [4.78, 5) is 23.4. The second kappa shape index (κ2) is 8.17. The molecule has 0 saturated heterocycles. The molecule has 1 N–H and O–H groups in total. The van der Waals surface area contributed by atoms with Gasteiger partial charge in [0.15, 0.2) is 5.78 Å². The van der Waals surface area contributed by atoms with Crippen molar-refractivity contribution < 1.29 is 27.5 Å². The van der Waals surface area contributed by atoms with Crippen LogP contribution in [0.15, 0.2) is 30.3 Å². The average Bonchev–Trinajstić information content (AvgIpc) is 2.44. The van der Waals surface area contributed by atoms with Gasteiger partial charge in [-0.3, -0.25) is 4.79 Å². The normalized spacial score (nSPS) is 13.2. The summed E-state index contributed by atoms with van der Waals surface area (Å²) < 4.78 is 43.9. The second-order valence-corrected chi connectivity index (χ2v) is 6.42. The number of ether oxygens (including phenoxy) is 1. The van der Waals surface area contributed by atoms with Gasteiger partial charge in [0.2, 0.25) is 0 Å². The zero-order valence-corrected chi connectivity index (χ0v) is 13.9. The van der Waals surface area contributed by atoms with Crippen LogP contribution in [-0.2, 0) is 4.74 Å².